The molecule has 0 unspecified atom stereocenters. The van der Waals surface area contributed by atoms with Gasteiger partial charge in [-0.05, 0) is 13.3 Å². The van der Waals surface area contributed by atoms with Crippen LogP contribution in [0.1, 0.15) is 19.4 Å². The Balaban J connectivity index is 2.79. The normalized spacial score (nSPS) is 10.8. The van der Waals surface area contributed by atoms with Gasteiger partial charge in [-0.3, -0.25) is 0 Å². The van der Waals surface area contributed by atoms with Crippen molar-refractivity contribution in [2.24, 2.45) is 0 Å². The smallest absolute Gasteiger partial charge is 0.221 e. The number of nitrogens with zero attached hydrogens (tertiary/aromatic N) is 2. The van der Waals surface area contributed by atoms with Gasteiger partial charge in [-0.1, -0.05) is 30.7 Å². The molecule has 1 aromatic heterocycles. The Hall–Kier alpha value is -1.09. The largest absolute Gasteiger partial charge is 0.473 e. The highest BCUT2D eigenvalue weighted by atomic mass is 35.5. The Labute approximate surface area is 88.8 Å². The van der Waals surface area contributed by atoms with E-state index in [9.17, 15) is 0 Å². The molecule has 14 heavy (non-hydrogen) atoms. The number of ether oxygens (including phenoxy) is 1. The highest BCUT2D eigenvalue weighted by Gasteiger charge is 2.07. The van der Waals surface area contributed by atoms with Crippen LogP contribution >= 0.6 is 11.6 Å². The van der Waals surface area contributed by atoms with E-state index in [0.29, 0.717) is 17.6 Å². The van der Waals surface area contributed by atoms with E-state index in [1.54, 1.807) is 0 Å². The molecule has 76 valence electrons. The summed E-state index contributed by atoms with van der Waals surface area (Å²) in [6.45, 7) is 4.45. The van der Waals surface area contributed by atoms with E-state index >= 15 is 0 Å². The van der Waals surface area contributed by atoms with E-state index in [4.69, 9.17) is 16.3 Å². The summed E-state index contributed by atoms with van der Waals surface area (Å²) in [6.07, 6.45) is 6.02. The molecule has 1 rings (SSSR count). The Bertz CT molecular complexity index is 326. The molecule has 0 spiro atoms. The molecular formula is C10H13ClN2O. The first-order valence-corrected chi connectivity index (χ1v) is 4.90. The number of aromatic nitrogens is 2. The highest BCUT2D eigenvalue weighted by molar-refractivity contribution is 6.30. The third kappa shape index (κ3) is 2.70. The van der Waals surface area contributed by atoms with Crippen molar-refractivity contribution in [2.75, 3.05) is 6.61 Å². The van der Waals surface area contributed by atoms with Crippen LogP contribution in [0.25, 0.3) is 0 Å². The average molecular weight is 213 g/mol. The summed E-state index contributed by atoms with van der Waals surface area (Å²) in [4.78, 5) is 7.93. The summed E-state index contributed by atoms with van der Waals surface area (Å²) in [7, 11) is 0. The minimum Gasteiger partial charge on any atom is -0.473 e. The monoisotopic (exact) mass is 212 g/mol. The minimum atomic E-state index is 0.470. The van der Waals surface area contributed by atoms with Crippen LogP contribution in [0, 0.1) is 0 Å². The molecule has 1 aromatic rings. The van der Waals surface area contributed by atoms with Crippen LogP contribution in [0.2, 0.25) is 5.15 Å². The first-order chi connectivity index (χ1) is 6.79. The SMILES string of the molecule is CC=CCOc1ncnc(Cl)c1CC. The van der Waals surface area contributed by atoms with Gasteiger partial charge in [0.1, 0.15) is 18.1 Å². The van der Waals surface area contributed by atoms with Gasteiger partial charge in [0.05, 0.1) is 5.56 Å². The molecule has 0 aliphatic rings. The zero-order valence-electron chi connectivity index (χ0n) is 8.33. The maximum absolute atomic E-state index is 5.89. The van der Waals surface area contributed by atoms with Gasteiger partial charge in [0.25, 0.3) is 0 Å². The van der Waals surface area contributed by atoms with Gasteiger partial charge in [0.15, 0.2) is 0 Å². The minimum absolute atomic E-state index is 0.470. The van der Waals surface area contributed by atoms with Crippen molar-refractivity contribution < 1.29 is 4.74 Å². The lowest BCUT2D eigenvalue weighted by molar-refractivity contribution is 0.343. The lowest BCUT2D eigenvalue weighted by Gasteiger charge is -2.07. The van der Waals surface area contributed by atoms with Crippen molar-refractivity contribution in [1.29, 1.82) is 0 Å². The molecule has 4 heteroatoms. The van der Waals surface area contributed by atoms with Gasteiger partial charge in [0.2, 0.25) is 5.88 Å². The lowest BCUT2D eigenvalue weighted by atomic mass is 10.2. The molecule has 0 radical (unpaired) electrons. The Morgan fingerprint density at radius 2 is 2.29 bits per heavy atom. The second-order valence-electron chi connectivity index (χ2n) is 2.68. The highest BCUT2D eigenvalue weighted by Crippen LogP contribution is 2.21. The van der Waals surface area contributed by atoms with Crippen molar-refractivity contribution in [3.05, 3.63) is 29.2 Å². The van der Waals surface area contributed by atoms with Gasteiger partial charge in [-0.15, -0.1) is 0 Å². The second kappa shape index (κ2) is 5.60. The van der Waals surface area contributed by atoms with Crippen LogP contribution in [-0.2, 0) is 6.42 Å². The molecule has 0 amide bonds. The summed E-state index contributed by atoms with van der Waals surface area (Å²) < 4.78 is 5.43. The van der Waals surface area contributed by atoms with Gasteiger partial charge >= 0.3 is 0 Å². The molecule has 0 atom stereocenters. The van der Waals surface area contributed by atoms with Gasteiger partial charge in [-0.25, -0.2) is 9.97 Å². The number of hydrogen-bond donors (Lipinski definition) is 0. The second-order valence-corrected chi connectivity index (χ2v) is 3.04. The van der Waals surface area contributed by atoms with Crippen molar-refractivity contribution in [3.8, 4) is 5.88 Å². The van der Waals surface area contributed by atoms with E-state index in [0.717, 1.165) is 12.0 Å². The number of allylic oxidation sites excluding steroid dienone is 1. The van der Waals surface area contributed by atoms with Crippen molar-refractivity contribution >= 4 is 11.6 Å². The molecule has 1 heterocycles. The van der Waals surface area contributed by atoms with Gasteiger partial charge in [-0.2, -0.15) is 0 Å². The molecule has 0 bridgehead atoms. The standard InChI is InChI=1S/C10H13ClN2O/c1-3-5-6-14-10-8(4-2)9(11)12-7-13-10/h3,5,7H,4,6H2,1-2H3. The number of rotatable bonds is 4. The summed E-state index contributed by atoms with van der Waals surface area (Å²) in [6, 6.07) is 0. The quantitative estimate of drug-likeness (QED) is 0.569. The summed E-state index contributed by atoms with van der Waals surface area (Å²) in [5, 5.41) is 0.470. The Morgan fingerprint density at radius 1 is 1.50 bits per heavy atom. The fourth-order valence-corrected chi connectivity index (χ4v) is 1.28. The third-order valence-corrected chi connectivity index (χ3v) is 2.08. The Kier molecular flexibility index (Phi) is 4.40. The van der Waals surface area contributed by atoms with Crippen molar-refractivity contribution in [1.82, 2.24) is 9.97 Å². The molecule has 3 nitrogen and oxygen atoms in total. The van der Waals surface area contributed by atoms with Crippen LogP contribution in [0.15, 0.2) is 18.5 Å². The first-order valence-electron chi connectivity index (χ1n) is 4.52. The van der Waals surface area contributed by atoms with Crippen LogP contribution in [0.5, 0.6) is 5.88 Å². The van der Waals surface area contributed by atoms with E-state index in [1.807, 2.05) is 26.0 Å². The summed E-state index contributed by atoms with van der Waals surface area (Å²) >= 11 is 5.89. The lowest BCUT2D eigenvalue weighted by Crippen LogP contribution is -2.01. The van der Waals surface area contributed by atoms with Crippen LogP contribution in [-0.4, -0.2) is 16.6 Å². The molecule has 0 N–H and O–H groups in total. The van der Waals surface area contributed by atoms with E-state index in [2.05, 4.69) is 9.97 Å². The van der Waals surface area contributed by atoms with Crippen molar-refractivity contribution in [3.63, 3.8) is 0 Å². The first kappa shape index (κ1) is 11.0. The van der Waals surface area contributed by atoms with E-state index in [1.165, 1.54) is 6.33 Å². The molecule has 0 aliphatic carbocycles. The maximum Gasteiger partial charge on any atom is 0.221 e. The third-order valence-electron chi connectivity index (χ3n) is 1.76. The van der Waals surface area contributed by atoms with Crippen LogP contribution in [0.4, 0.5) is 0 Å². The zero-order valence-corrected chi connectivity index (χ0v) is 9.08. The molecular weight excluding hydrogens is 200 g/mol. The number of halogens is 1. The molecule has 0 aliphatic heterocycles. The van der Waals surface area contributed by atoms with Crippen molar-refractivity contribution in [2.45, 2.75) is 20.3 Å². The summed E-state index contributed by atoms with van der Waals surface area (Å²) in [5.41, 5.74) is 0.860. The van der Waals surface area contributed by atoms with Crippen LogP contribution in [0.3, 0.4) is 0 Å². The number of hydrogen-bond acceptors (Lipinski definition) is 3. The van der Waals surface area contributed by atoms with Crippen LogP contribution < -0.4 is 4.74 Å². The molecule has 0 saturated heterocycles. The average Bonchev–Trinajstić information content (AvgIpc) is 2.18. The molecule has 0 fully saturated rings. The molecule has 0 saturated carbocycles. The Morgan fingerprint density at radius 3 is 2.93 bits per heavy atom. The predicted molar refractivity (Wildman–Crippen MR) is 56.7 cm³/mol. The van der Waals surface area contributed by atoms with E-state index < -0.39 is 0 Å². The topological polar surface area (TPSA) is 35.0 Å². The maximum atomic E-state index is 5.89. The fraction of sp³-hybridized carbons (Fsp3) is 0.400. The molecule has 0 aromatic carbocycles. The fourth-order valence-electron chi connectivity index (χ4n) is 1.02. The predicted octanol–water partition coefficient (Wildman–Crippen LogP) is 2.65. The van der Waals surface area contributed by atoms with Gasteiger partial charge < -0.3 is 4.74 Å². The summed E-state index contributed by atoms with van der Waals surface area (Å²) in [5.74, 6) is 0.575. The van der Waals surface area contributed by atoms with E-state index in [-0.39, 0.29) is 0 Å². The van der Waals surface area contributed by atoms with Gasteiger partial charge in [0, 0.05) is 0 Å². The zero-order chi connectivity index (χ0) is 10.4.